The number of allylic oxidation sites excluding steroid dienone is 6. The number of hydrogen-bond donors (Lipinski definition) is 0. The third-order valence-electron chi connectivity index (χ3n) is 16.6. The molecule has 0 aliphatic rings. The van der Waals surface area contributed by atoms with Crippen LogP contribution in [0.4, 0.5) is 0 Å². The highest BCUT2D eigenvalue weighted by atomic mass is 16.6. The van der Waals surface area contributed by atoms with Crippen molar-refractivity contribution < 1.29 is 28.6 Å². The second kappa shape index (κ2) is 70.1. The zero-order valence-electron chi connectivity index (χ0n) is 54.8. The minimum absolute atomic E-state index is 0.0643. The molecule has 0 saturated heterocycles. The van der Waals surface area contributed by atoms with Gasteiger partial charge in [-0.2, -0.15) is 0 Å². The summed E-state index contributed by atoms with van der Waals surface area (Å²) in [7, 11) is 0. The molecule has 0 spiro atoms. The predicted molar refractivity (Wildman–Crippen MR) is 353 cm³/mol. The number of hydrogen-bond acceptors (Lipinski definition) is 6. The van der Waals surface area contributed by atoms with E-state index >= 15 is 0 Å². The quantitative estimate of drug-likeness (QED) is 0.0261. The lowest BCUT2D eigenvalue weighted by atomic mass is 10.0. The van der Waals surface area contributed by atoms with Gasteiger partial charge in [0.2, 0.25) is 0 Å². The van der Waals surface area contributed by atoms with E-state index in [2.05, 4.69) is 57.2 Å². The number of esters is 3. The number of unbranched alkanes of at least 4 members (excludes halogenated alkanes) is 51. The van der Waals surface area contributed by atoms with Gasteiger partial charge in [0.25, 0.3) is 0 Å². The van der Waals surface area contributed by atoms with Crippen molar-refractivity contribution in [1.82, 2.24) is 0 Å². The van der Waals surface area contributed by atoms with E-state index < -0.39 is 6.10 Å². The Hall–Kier alpha value is -2.37. The molecule has 0 aliphatic carbocycles. The van der Waals surface area contributed by atoms with Crippen molar-refractivity contribution in [3.63, 3.8) is 0 Å². The third-order valence-corrected chi connectivity index (χ3v) is 16.6. The molecule has 0 N–H and O–H groups in total. The van der Waals surface area contributed by atoms with Gasteiger partial charge in [0.1, 0.15) is 13.2 Å². The number of carbonyl (C=O) groups excluding carboxylic acids is 3. The van der Waals surface area contributed by atoms with Crippen LogP contribution in [0.25, 0.3) is 0 Å². The molecule has 0 aliphatic heterocycles. The van der Waals surface area contributed by atoms with Crippen molar-refractivity contribution >= 4 is 17.9 Å². The minimum Gasteiger partial charge on any atom is -0.462 e. The van der Waals surface area contributed by atoms with E-state index in [1.807, 2.05) is 0 Å². The number of rotatable bonds is 68. The third kappa shape index (κ3) is 68.3. The summed E-state index contributed by atoms with van der Waals surface area (Å²) in [6.07, 6.45) is 87.6. The van der Waals surface area contributed by atoms with E-state index in [1.54, 1.807) is 0 Å². The van der Waals surface area contributed by atoms with E-state index in [1.165, 1.54) is 295 Å². The van der Waals surface area contributed by atoms with Gasteiger partial charge in [-0.1, -0.05) is 365 Å². The normalized spacial score (nSPS) is 12.2. The van der Waals surface area contributed by atoms with Crippen LogP contribution < -0.4 is 0 Å². The molecule has 0 amide bonds. The summed E-state index contributed by atoms with van der Waals surface area (Å²) in [6, 6.07) is 0. The highest BCUT2D eigenvalue weighted by Crippen LogP contribution is 2.19. The lowest BCUT2D eigenvalue weighted by Crippen LogP contribution is -2.30. The summed E-state index contributed by atoms with van der Waals surface area (Å²) in [4.78, 5) is 38.4. The maximum atomic E-state index is 12.9. The van der Waals surface area contributed by atoms with Gasteiger partial charge in [-0.3, -0.25) is 14.4 Å². The van der Waals surface area contributed by atoms with Gasteiger partial charge >= 0.3 is 17.9 Å². The molecule has 1 unspecified atom stereocenters. The molecule has 0 saturated carbocycles. The molecule has 1 atom stereocenters. The summed E-state index contributed by atoms with van der Waals surface area (Å²) in [5, 5.41) is 0. The zero-order valence-corrected chi connectivity index (χ0v) is 54.8. The summed E-state index contributed by atoms with van der Waals surface area (Å²) in [5.74, 6) is -0.833. The first kappa shape index (κ1) is 78.6. The number of carbonyl (C=O) groups is 3. The molecule has 0 radical (unpaired) electrons. The summed E-state index contributed by atoms with van der Waals surface area (Å²) >= 11 is 0. The fraction of sp³-hybridized carbons (Fsp3) is 0.880. The molecule has 0 aromatic rings. The van der Waals surface area contributed by atoms with Crippen molar-refractivity contribution in [3.8, 4) is 0 Å². The van der Waals surface area contributed by atoms with Gasteiger partial charge in [0.15, 0.2) is 6.10 Å². The molecular weight excluding hydrogens is 997 g/mol. The van der Waals surface area contributed by atoms with Gasteiger partial charge in [-0.25, -0.2) is 0 Å². The highest BCUT2D eigenvalue weighted by molar-refractivity contribution is 5.71. The molecule has 0 heterocycles. The van der Waals surface area contributed by atoms with Crippen LogP contribution in [0.1, 0.15) is 406 Å². The monoisotopic (exact) mass is 1140 g/mol. The zero-order chi connectivity index (χ0) is 58.5. The topological polar surface area (TPSA) is 78.9 Å². The fourth-order valence-electron chi connectivity index (χ4n) is 11.2. The van der Waals surface area contributed by atoms with Gasteiger partial charge in [-0.15, -0.1) is 0 Å². The van der Waals surface area contributed by atoms with Crippen LogP contribution in [-0.2, 0) is 28.6 Å². The summed E-state index contributed by atoms with van der Waals surface area (Å²) < 4.78 is 17.0. The molecule has 0 aromatic heterocycles. The maximum Gasteiger partial charge on any atom is 0.306 e. The van der Waals surface area contributed by atoms with Crippen LogP contribution >= 0.6 is 0 Å². The van der Waals surface area contributed by atoms with Crippen molar-refractivity contribution in [3.05, 3.63) is 36.5 Å². The largest absolute Gasteiger partial charge is 0.462 e. The van der Waals surface area contributed by atoms with Crippen molar-refractivity contribution in [2.75, 3.05) is 13.2 Å². The molecule has 81 heavy (non-hydrogen) atoms. The van der Waals surface area contributed by atoms with Crippen molar-refractivity contribution in [1.29, 1.82) is 0 Å². The number of ether oxygens (including phenoxy) is 3. The first-order valence-corrected chi connectivity index (χ1v) is 36.5. The van der Waals surface area contributed by atoms with E-state index in [-0.39, 0.29) is 31.1 Å². The first-order chi connectivity index (χ1) is 40.0. The van der Waals surface area contributed by atoms with Crippen LogP contribution in [-0.4, -0.2) is 37.2 Å². The molecule has 0 bridgehead atoms. The smallest absolute Gasteiger partial charge is 0.306 e. The van der Waals surface area contributed by atoms with E-state index in [0.29, 0.717) is 19.3 Å². The Morgan fingerprint density at radius 1 is 0.247 bits per heavy atom. The minimum atomic E-state index is -0.767. The fourth-order valence-corrected chi connectivity index (χ4v) is 11.2. The Labute approximate surface area is 506 Å². The van der Waals surface area contributed by atoms with Crippen LogP contribution in [0.5, 0.6) is 0 Å². The van der Waals surface area contributed by atoms with Crippen LogP contribution in [0, 0.1) is 0 Å². The van der Waals surface area contributed by atoms with Crippen LogP contribution in [0.15, 0.2) is 36.5 Å². The molecule has 0 fully saturated rings. The highest BCUT2D eigenvalue weighted by Gasteiger charge is 2.19. The van der Waals surface area contributed by atoms with Gasteiger partial charge in [-0.05, 0) is 57.8 Å². The molecule has 476 valence electrons. The summed E-state index contributed by atoms with van der Waals surface area (Å²) in [6.45, 7) is 6.70. The molecule has 6 heteroatoms. The Bertz CT molecular complexity index is 1350. The van der Waals surface area contributed by atoms with Gasteiger partial charge in [0, 0.05) is 19.3 Å². The molecule has 0 aromatic carbocycles. The van der Waals surface area contributed by atoms with Crippen molar-refractivity contribution in [2.45, 2.75) is 412 Å². The SMILES string of the molecule is CCCCCCC/C=C\C/C=C\C/C=C\CCCCCCCCCCCCCCCCCCCCC(=O)OCC(COC(=O)CCCCCCCCCCCCC)OC(=O)CCCCCCCCCCCCCCCCCCCCC. The Morgan fingerprint density at radius 2 is 0.444 bits per heavy atom. The van der Waals surface area contributed by atoms with Crippen LogP contribution in [0.3, 0.4) is 0 Å². The lowest BCUT2D eigenvalue weighted by molar-refractivity contribution is -0.167. The molecule has 6 nitrogen and oxygen atoms in total. The van der Waals surface area contributed by atoms with Crippen molar-refractivity contribution in [2.24, 2.45) is 0 Å². The van der Waals surface area contributed by atoms with Crippen LogP contribution in [0.2, 0.25) is 0 Å². The Balaban J connectivity index is 4.09. The van der Waals surface area contributed by atoms with E-state index in [0.717, 1.165) is 70.6 Å². The lowest BCUT2D eigenvalue weighted by Gasteiger charge is -2.18. The molecule has 0 rings (SSSR count). The van der Waals surface area contributed by atoms with Gasteiger partial charge < -0.3 is 14.2 Å². The average Bonchev–Trinajstić information content (AvgIpc) is 3.47. The standard InChI is InChI=1S/C75H140O6/c1-4-7-10-13-16-19-22-24-26-28-30-31-32-33-34-35-36-37-38-39-40-41-42-43-45-46-48-50-53-56-59-62-65-68-74(77)80-71-72(70-79-73(76)67-64-61-58-55-52-21-18-15-12-9-6-3)81-75(78)69-66-63-60-57-54-51-49-47-44-29-27-25-23-20-17-14-11-8-5-2/h22,24,28,30,32-33,72H,4-21,23,25-27,29,31,34-71H2,1-3H3/b24-22-,30-28-,33-32-. The van der Waals surface area contributed by atoms with E-state index in [4.69, 9.17) is 14.2 Å². The summed E-state index contributed by atoms with van der Waals surface area (Å²) in [5.41, 5.74) is 0. The van der Waals surface area contributed by atoms with Gasteiger partial charge in [0.05, 0.1) is 0 Å². The maximum absolute atomic E-state index is 12.9. The average molecular weight is 1140 g/mol. The second-order valence-corrected chi connectivity index (χ2v) is 24.9. The second-order valence-electron chi connectivity index (χ2n) is 24.9. The van der Waals surface area contributed by atoms with E-state index in [9.17, 15) is 14.4 Å². The predicted octanol–water partition coefficient (Wildman–Crippen LogP) is 25.1. The Kier molecular flexibility index (Phi) is 68.1. The Morgan fingerprint density at radius 3 is 0.691 bits per heavy atom. The molecular formula is C75H140O6. The first-order valence-electron chi connectivity index (χ1n) is 36.5.